The number of halogens is 2. The normalized spacial score (nSPS) is 26.5. The number of ether oxygens (including phenoxy) is 6. The maximum absolute atomic E-state index is 14.0. The molecule has 0 N–H and O–H groups in total. The molecule has 4 heterocycles. The Kier molecular flexibility index (Phi) is 8.50. The summed E-state index contributed by atoms with van der Waals surface area (Å²) in [4.78, 5) is 55.5. The molecule has 2 bridgehead atoms. The zero-order valence-corrected chi connectivity index (χ0v) is 29.5. The minimum Gasteiger partial charge on any atom is -0.484 e. The molecule has 240 valence electrons. The fraction of sp³-hybridized carbons (Fsp3) is 0.484. The summed E-state index contributed by atoms with van der Waals surface area (Å²) in [7, 11) is 2.58. The van der Waals surface area contributed by atoms with Gasteiger partial charge in [-0.1, -0.05) is 13.8 Å². The Labute approximate surface area is 287 Å². The van der Waals surface area contributed by atoms with Gasteiger partial charge in [-0.15, -0.1) is 0 Å². The van der Waals surface area contributed by atoms with Gasteiger partial charge in [0.1, 0.15) is 13.2 Å². The van der Waals surface area contributed by atoms with Crippen molar-refractivity contribution in [2.45, 2.75) is 32.5 Å². The number of fused-ring (bicyclic) bond motifs is 4. The molecular formula is C31H32I2N2O10. The van der Waals surface area contributed by atoms with E-state index >= 15 is 0 Å². The number of carbonyl (C=O) groups excluding carboxylic acids is 4. The van der Waals surface area contributed by atoms with E-state index < -0.39 is 24.1 Å². The topological polar surface area (TPSA) is 130 Å². The first kappa shape index (κ1) is 31.9. The first-order chi connectivity index (χ1) is 21.3. The zero-order chi connectivity index (χ0) is 32.3. The van der Waals surface area contributed by atoms with Crippen molar-refractivity contribution in [2.24, 2.45) is 10.8 Å². The Morgan fingerprint density at radius 3 is 1.44 bits per heavy atom. The summed E-state index contributed by atoms with van der Waals surface area (Å²) in [6.45, 7) is 6.14. The molecular weight excluding hydrogens is 814 g/mol. The fourth-order valence-corrected chi connectivity index (χ4v) is 8.65. The minimum atomic E-state index is -0.865. The summed E-state index contributed by atoms with van der Waals surface area (Å²) in [6.07, 6.45) is -0.860. The molecule has 2 atom stereocenters. The molecule has 2 saturated heterocycles. The van der Waals surface area contributed by atoms with Gasteiger partial charge >= 0.3 is 11.9 Å². The summed E-state index contributed by atoms with van der Waals surface area (Å²) in [5.41, 5.74) is 0.317. The zero-order valence-electron chi connectivity index (χ0n) is 25.1. The first-order valence-corrected chi connectivity index (χ1v) is 16.5. The minimum absolute atomic E-state index is 0.00659. The molecule has 4 aliphatic rings. The van der Waals surface area contributed by atoms with E-state index in [0.717, 1.165) is 6.42 Å². The quantitative estimate of drug-likeness (QED) is 0.333. The largest absolute Gasteiger partial charge is 0.484 e. The molecule has 0 aliphatic carbocycles. The van der Waals surface area contributed by atoms with Gasteiger partial charge in [0.2, 0.25) is 12.2 Å². The first-order valence-electron chi connectivity index (χ1n) is 14.3. The van der Waals surface area contributed by atoms with Crippen LogP contribution < -0.4 is 18.9 Å². The lowest BCUT2D eigenvalue weighted by molar-refractivity contribution is -0.152. The van der Waals surface area contributed by atoms with Gasteiger partial charge in [0, 0.05) is 37.0 Å². The van der Waals surface area contributed by atoms with E-state index in [-0.39, 0.29) is 35.9 Å². The standard InChI is InChI=1S/C31H32I2N2O10/c1-30-11-31(2,14-34(12-30)26(36)16-5-7-18-24(22(16)32)42-9-20(44-18)28(38)40-3)15-35(13-30)27(37)17-6-8-19-25(23(17)33)43-10-21(45-19)29(39)41-4/h5-8,20-21H,9-15H2,1-4H3. The van der Waals surface area contributed by atoms with Gasteiger partial charge in [-0.05, 0) is 75.9 Å². The molecule has 2 fully saturated rings. The van der Waals surface area contributed by atoms with E-state index in [1.807, 2.05) is 9.80 Å². The van der Waals surface area contributed by atoms with Crippen molar-refractivity contribution < 1.29 is 47.6 Å². The fourth-order valence-electron chi connectivity index (χ4n) is 6.99. The maximum atomic E-state index is 14.0. The molecule has 0 spiro atoms. The molecule has 2 aromatic rings. The number of nitrogens with zero attached hydrogens (tertiary/aromatic N) is 2. The van der Waals surface area contributed by atoms with Crippen molar-refractivity contribution in [1.82, 2.24) is 9.80 Å². The number of likely N-dealkylation sites (tertiary alicyclic amines) is 2. The number of methoxy groups -OCH3 is 2. The average molecular weight is 846 g/mol. The Balaban J connectivity index is 1.18. The predicted octanol–water partition coefficient (Wildman–Crippen LogP) is 3.54. The third kappa shape index (κ3) is 5.87. The van der Waals surface area contributed by atoms with E-state index in [2.05, 4.69) is 59.0 Å². The summed E-state index contributed by atoms with van der Waals surface area (Å²) >= 11 is 4.18. The molecule has 4 aliphatic heterocycles. The lowest BCUT2D eigenvalue weighted by Crippen LogP contribution is -2.64. The number of hydrogen-bond acceptors (Lipinski definition) is 10. The number of benzene rings is 2. The molecule has 0 saturated carbocycles. The van der Waals surface area contributed by atoms with Crippen LogP contribution in [0.5, 0.6) is 23.0 Å². The van der Waals surface area contributed by atoms with E-state index in [9.17, 15) is 19.2 Å². The van der Waals surface area contributed by atoms with Crippen molar-refractivity contribution in [1.29, 1.82) is 0 Å². The molecule has 2 unspecified atom stereocenters. The van der Waals surface area contributed by atoms with Crippen molar-refractivity contribution in [3.63, 3.8) is 0 Å². The molecule has 14 heteroatoms. The van der Waals surface area contributed by atoms with Gasteiger partial charge in [0.05, 0.1) is 32.5 Å². The van der Waals surface area contributed by atoms with Crippen molar-refractivity contribution in [2.75, 3.05) is 53.6 Å². The van der Waals surface area contributed by atoms with Crippen LogP contribution in [0.4, 0.5) is 0 Å². The lowest BCUT2D eigenvalue weighted by Gasteiger charge is -2.56. The Hall–Kier alpha value is -3.02. The van der Waals surface area contributed by atoms with Crippen molar-refractivity contribution >= 4 is 68.9 Å². The third-order valence-corrected chi connectivity index (χ3v) is 10.7. The van der Waals surface area contributed by atoms with E-state index in [1.54, 1.807) is 24.3 Å². The molecule has 6 rings (SSSR count). The molecule has 0 radical (unpaired) electrons. The predicted molar refractivity (Wildman–Crippen MR) is 175 cm³/mol. The summed E-state index contributed by atoms with van der Waals surface area (Å²) in [5, 5.41) is 0. The van der Waals surface area contributed by atoms with Crippen LogP contribution in [0, 0.1) is 18.0 Å². The molecule has 2 amide bonds. The molecule has 2 aromatic carbocycles. The van der Waals surface area contributed by atoms with Crippen LogP contribution in [-0.2, 0) is 19.1 Å². The second-order valence-electron chi connectivity index (χ2n) is 12.5. The Bertz CT molecular complexity index is 1470. The number of rotatable bonds is 4. The number of piperidine rings is 2. The number of carbonyl (C=O) groups is 4. The van der Waals surface area contributed by atoms with Crippen molar-refractivity contribution in [3.05, 3.63) is 42.5 Å². The van der Waals surface area contributed by atoms with Crippen LogP contribution in [0.1, 0.15) is 41.0 Å². The van der Waals surface area contributed by atoms with Crippen LogP contribution in [0.15, 0.2) is 24.3 Å². The highest BCUT2D eigenvalue weighted by atomic mass is 127. The van der Waals surface area contributed by atoms with E-state index in [1.165, 1.54) is 14.2 Å². The number of amides is 2. The lowest BCUT2D eigenvalue weighted by atomic mass is 9.65. The van der Waals surface area contributed by atoms with Crippen LogP contribution in [0.3, 0.4) is 0 Å². The Morgan fingerprint density at radius 1 is 0.711 bits per heavy atom. The highest BCUT2D eigenvalue weighted by Crippen LogP contribution is 2.47. The van der Waals surface area contributed by atoms with E-state index in [4.69, 9.17) is 28.4 Å². The monoisotopic (exact) mass is 846 g/mol. The van der Waals surface area contributed by atoms with Gasteiger partial charge < -0.3 is 38.2 Å². The smallest absolute Gasteiger partial charge is 0.350 e. The van der Waals surface area contributed by atoms with Gasteiger partial charge in [-0.3, -0.25) is 9.59 Å². The maximum Gasteiger partial charge on any atom is 0.350 e. The Morgan fingerprint density at radius 2 is 1.09 bits per heavy atom. The summed E-state index contributed by atoms with van der Waals surface area (Å²) < 4.78 is 34.0. The number of esters is 2. The third-order valence-electron chi connectivity index (χ3n) is 8.53. The van der Waals surface area contributed by atoms with Crippen LogP contribution >= 0.6 is 45.2 Å². The number of hydrogen-bond donors (Lipinski definition) is 0. The average Bonchev–Trinajstić information content (AvgIpc) is 3.02. The van der Waals surface area contributed by atoms with Gasteiger partial charge in [0.25, 0.3) is 11.8 Å². The van der Waals surface area contributed by atoms with Crippen LogP contribution in [0.2, 0.25) is 0 Å². The highest BCUT2D eigenvalue weighted by molar-refractivity contribution is 14.1. The van der Waals surface area contributed by atoms with Crippen molar-refractivity contribution in [3.8, 4) is 23.0 Å². The molecule has 0 aromatic heterocycles. The van der Waals surface area contributed by atoms with Crippen LogP contribution in [-0.4, -0.2) is 99.4 Å². The summed E-state index contributed by atoms with van der Waals surface area (Å²) in [6, 6.07) is 6.71. The van der Waals surface area contributed by atoms with Crippen LogP contribution in [0.25, 0.3) is 0 Å². The van der Waals surface area contributed by atoms with Gasteiger partial charge in [-0.2, -0.15) is 0 Å². The SMILES string of the molecule is COC(=O)C1COc2c(ccc(C(=O)N3CC4(C)CN(C(=O)c5ccc6c(c5I)OCC(C(=O)OC)O6)CC(C)(C3)C4)c2I)O1. The molecule has 45 heavy (non-hydrogen) atoms. The summed E-state index contributed by atoms with van der Waals surface area (Å²) in [5.74, 6) is 0.348. The van der Waals surface area contributed by atoms with Gasteiger partial charge in [-0.25, -0.2) is 9.59 Å². The van der Waals surface area contributed by atoms with E-state index in [0.29, 0.717) is 67.4 Å². The second-order valence-corrected chi connectivity index (χ2v) is 14.7. The van der Waals surface area contributed by atoms with Gasteiger partial charge in [0.15, 0.2) is 23.0 Å². The molecule has 12 nitrogen and oxygen atoms in total. The highest BCUT2D eigenvalue weighted by Gasteiger charge is 2.51. The second kappa shape index (κ2) is 12.0.